The van der Waals surface area contributed by atoms with E-state index < -0.39 is 23.6 Å². The average Bonchev–Trinajstić information content (AvgIpc) is 2.30. The first kappa shape index (κ1) is 13.0. The maximum atomic E-state index is 13.0. The summed E-state index contributed by atoms with van der Waals surface area (Å²) in [5.41, 5.74) is 0.0103. The molecule has 2 unspecified atom stereocenters. The highest BCUT2D eigenvalue weighted by atomic mass is 19.1. The third-order valence-corrected chi connectivity index (χ3v) is 3.26. The number of piperidine rings is 1. The molecule has 1 aromatic rings. The molecule has 1 N–H and O–H groups in total. The number of carbonyl (C=O) groups excluding carboxylic acids is 1. The number of hydrogen-bond acceptors (Lipinski definition) is 2. The molecule has 98 valence electrons. The SMILES string of the molecule is CC1CN(C(=O)c2cc(F)cc(F)c2)CCC1O. The fourth-order valence-corrected chi connectivity index (χ4v) is 2.18. The van der Waals surface area contributed by atoms with Crippen molar-refractivity contribution >= 4 is 5.91 Å². The average molecular weight is 255 g/mol. The smallest absolute Gasteiger partial charge is 0.254 e. The molecule has 1 saturated heterocycles. The maximum absolute atomic E-state index is 13.0. The zero-order valence-corrected chi connectivity index (χ0v) is 10.1. The lowest BCUT2D eigenvalue weighted by Crippen LogP contribution is -2.45. The number of hydrogen-bond donors (Lipinski definition) is 1. The van der Waals surface area contributed by atoms with E-state index in [9.17, 15) is 18.7 Å². The molecule has 5 heteroatoms. The molecule has 1 amide bonds. The molecule has 18 heavy (non-hydrogen) atoms. The van der Waals surface area contributed by atoms with E-state index in [0.717, 1.165) is 18.2 Å². The van der Waals surface area contributed by atoms with Crippen LogP contribution >= 0.6 is 0 Å². The van der Waals surface area contributed by atoms with Gasteiger partial charge in [-0.15, -0.1) is 0 Å². The van der Waals surface area contributed by atoms with Crippen molar-refractivity contribution in [3.63, 3.8) is 0 Å². The van der Waals surface area contributed by atoms with Crippen molar-refractivity contribution in [3.05, 3.63) is 35.4 Å². The Balaban J connectivity index is 2.16. The first-order valence-electron chi connectivity index (χ1n) is 5.91. The molecule has 0 aliphatic carbocycles. The Morgan fingerprint density at radius 3 is 2.50 bits per heavy atom. The van der Waals surface area contributed by atoms with Gasteiger partial charge in [0.25, 0.3) is 5.91 Å². The summed E-state index contributed by atoms with van der Waals surface area (Å²) in [7, 11) is 0. The van der Waals surface area contributed by atoms with Crippen molar-refractivity contribution in [2.75, 3.05) is 13.1 Å². The Morgan fingerprint density at radius 1 is 1.33 bits per heavy atom. The van der Waals surface area contributed by atoms with Crippen LogP contribution in [-0.2, 0) is 0 Å². The van der Waals surface area contributed by atoms with Crippen LogP contribution in [-0.4, -0.2) is 35.1 Å². The zero-order valence-electron chi connectivity index (χ0n) is 10.1. The standard InChI is InChI=1S/C13H15F2NO2/c1-8-7-16(3-2-12(8)17)13(18)9-4-10(14)6-11(15)5-9/h4-6,8,12,17H,2-3,7H2,1H3. The highest BCUT2D eigenvalue weighted by Gasteiger charge is 2.28. The predicted molar refractivity (Wildman–Crippen MR) is 62.0 cm³/mol. The minimum Gasteiger partial charge on any atom is -0.393 e. The van der Waals surface area contributed by atoms with E-state index in [0.29, 0.717) is 19.5 Å². The number of rotatable bonds is 1. The number of nitrogens with zero attached hydrogens (tertiary/aromatic N) is 1. The molecule has 1 aliphatic heterocycles. The molecule has 3 nitrogen and oxygen atoms in total. The van der Waals surface area contributed by atoms with Gasteiger partial charge in [0.15, 0.2) is 0 Å². The van der Waals surface area contributed by atoms with Gasteiger partial charge >= 0.3 is 0 Å². The third-order valence-electron chi connectivity index (χ3n) is 3.26. The van der Waals surface area contributed by atoms with Gasteiger partial charge in [-0.05, 0) is 24.5 Å². The normalized spacial score (nSPS) is 24.1. The van der Waals surface area contributed by atoms with Crippen LogP contribution in [0.25, 0.3) is 0 Å². The quantitative estimate of drug-likeness (QED) is 0.831. The topological polar surface area (TPSA) is 40.5 Å². The molecule has 0 radical (unpaired) electrons. The van der Waals surface area contributed by atoms with Crippen molar-refractivity contribution in [1.82, 2.24) is 4.90 Å². The molecule has 0 bridgehead atoms. The van der Waals surface area contributed by atoms with Gasteiger partial charge in [0.2, 0.25) is 0 Å². The number of amides is 1. The van der Waals surface area contributed by atoms with Crippen LogP contribution < -0.4 is 0 Å². The van der Waals surface area contributed by atoms with E-state index in [1.807, 2.05) is 6.92 Å². The second kappa shape index (κ2) is 5.02. The Kier molecular flexibility index (Phi) is 3.61. The highest BCUT2D eigenvalue weighted by Crippen LogP contribution is 2.19. The summed E-state index contributed by atoms with van der Waals surface area (Å²) >= 11 is 0. The summed E-state index contributed by atoms with van der Waals surface area (Å²) in [5.74, 6) is -1.94. The van der Waals surface area contributed by atoms with E-state index in [-0.39, 0.29) is 11.5 Å². The summed E-state index contributed by atoms with van der Waals surface area (Å²) < 4.78 is 26.1. The van der Waals surface area contributed by atoms with E-state index in [4.69, 9.17) is 0 Å². The molecule has 1 heterocycles. The summed E-state index contributed by atoms with van der Waals surface area (Å²) in [4.78, 5) is 13.6. The van der Waals surface area contributed by atoms with Gasteiger partial charge in [0, 0.05) is 24.7 Å². The van der Waals surface area contributed by atoms with Gasteiger partial charge in [-0.25, -0.2) is 8.78 Å². The van der Waals surface area contributed by atoms with Gasteiger partial charge in [-0.3, -0.25) is 4.79 Å². The molecular formula is C13H15F2NO2. The first-order valence-corrected chi connectivity index (χ1v) is 5.91. The Morgan fingerprint density at radius 2 is 1.94 bits per heavy atom. The summed E-state index contributed by atoms with van der Waals surface area (Å²) in [6.07, 6.45) is 0.0725. The van der Waals surface area contributed by atoms with Crippen molar-refractivity contribution in [2.24, 2.45) is 5.92 Å². The highest BCUT2D eigenvalue weighted by molar-refractivity contribution is 5.94. The number of aliphatic hydroxyl groups excluding tert-OH is 1. The zero-order chi connectivity index (χ0) is 13.3. The molecule has 0 aromatic heterocycles. The van der Waals surface area contributed by atoms with Gasteiger partial charge < -0.3 is 10.0 Å². The third kappa shape index (κ3) is 2.67. The summed E-state index contributed by atoms with van der Waals surface area (Å²) in [6.45, 7) is 2.65. The van der Waals surface area contributed by atoms with Gasteiger partial charge in [-0.1, -0.05) is 6.92 Å². The lowest BCUT2D eigenvalue weighted by molar-refractivity contribution is 0.0297. The molecular weight excluding hydrogens is 240 g/mol. The van der Waals surface area contributed by atoms with Crippen LogP contribution in [0.2, 0.25) is 0 Å². The fourth-order valence-electron chi connectivity index (χ4n) is 2.18. The molecule has 1 fully saturated rings. The molecule has 2 rings (SSSR count). The van der Waals surface area contributed by atoms with Crippen LogP contribution in [0.15, 0.2) is 18.2 Å². The van der Waals surface area contributed by atoms with Gasteiger partial charge in [0.05, 0.1) is 6.10 Å². The lowest BCUT2D eigenvalue weighted by Gasteiger charge is -2.34. The molecule has 2 atom stereocenters. The second-order valence-electron chi connectivity index (χ2n) is 4.74. The fraction of sp³-hybridized carbons (Fsp3) is 0.462. The van der Waals surface area contributed by atoms with Crippen LogP contribution in [0.5, 0.6) is 0 Å². The molecule has 1 aliphatic rings. The van der Waals surface area contributed by atoms with Crippen LogP contribution in [0.4, 0.5) is 8.78 Å². The molecule has 1 aromatic carbocycles. The Bertz CT molecular complexity index is 444. The number of benzene rings is 1. The van der Waals surface area contributed by atoms with Crippen molar-refractivity contribution in [2.45, 2.75) is 19.4 Å². The first-order chi connectivity index (χ1) is 8.47. The van der Waals surface area contributed by atoms with Crippen molar-refractivity contribution in [1.29, 1.82) is 0 Å². The van der Waals surface area contributed by atoms with E-state index >= 15 is 0 Å². The number of carbonyl (C=O) groups is 1. The largest absolute Gasteiger partial charge is 0.393 e. The van der Waals surface area contributed by atoms with E-state index in [1.54, 1.807) is 0 Å². The number of halogens is 2. The van der Waals surface area contributed by atoms with Gasteiger partial charge in [-0.2, -0.15) is 0 Å². The lowest BCUT2D eigenvalue weighted by atomic mass is 9.96. The van der Waals surface area contributed by atoms with Crippen LogP contribution in [0.3, 0.4) is 0 Å². The van der Waals surface area contributed by atoms with Crippen molar-refractivity contribution in [3.8, 4) is 0 Å². The Hall–Kier alpha value is -1.49. The number of likely N-dealkylation sites (tertiary alicyclic amines) is 1. The summed E-state index contributed by atoms with van der Waals surface area (Å²) in [5, 5.41) is 9.58. The summed E-state index contributed by atoms with van der Waals surface area (Å²) in [6, 6.07) is 2.79. The second-order valence-corrected chi connectivity index (χ2v) is 4.74. The minimum absolute atomic E-state index is 0.0103. The Labute approximate surface area is 104 Å². The minimum atomic E-state index is -0.761. The molecule has 0 spiro atoms. The maximum Gasteiger partial charge on any atom is 0.254 e. The monoisotopic (exact) mass is 255 g/mol. The van der Waals surface area contributed by atoms with E-state index in [1.165, 1.54) is 4.90 Å². The van der Waals surface area contributed by atoms with E-state index in [2.05, 4.69) is 0 Å². The van der Waals surface area contributed by atoms with Gasteiger partial charge in [0.1, 0.15) is 11.6 Å². The van der Waals surface area contributed by atoms with Crippen LogP contribution in [0.1, 0.15) is 23.7 Å². The van der Waals surface area contributed by atoms with Crippen molar-refractivity contribution < 1.29 is 18.7 Å². The predicted octanol–water partition coefficient (Wildman–Crippen LogP) is 1.81. The molecule has 0 saturated carbocycles. The van der Waals surface area contributed by atoms with Crippen LogP contribution in [0, 0.1) is 17.6 Å². The number of aliphatic hydroxyl groups is 1.